The van der Waals surface area contributed by atoms with Crippen molar-refractivity contribution in [3.63, 3.8) is 0 Å². The number of carboxylic acid groups (broad SMARTS) is 1. The molecule has 0 spiro atoms. The molecule has 0 aromatic rings. The van der Waals surface area contributed by atoms with Crippen molar-refractivity contribution < 1.29 is 24.6 Å². The van der Waals surface area contributed by atoms with Crippen molar-refractivity contribution in [2.75, 3.05) is 26.2 Å². The number of carbonyl (C=O) groups is 3. The van der Waals surface area contributed by atoms with E-state index in [4.69, 9.17) is 5.11 Å². The predicted molar refractivity (Wildman–Crippen MR) is 70.1 cm³/mol. The van der Waals surface area contributed by atoms with Crippen LogP contribution in [0, 0.1) is 0 Å². The smallest absolute Gasteiger partial charge is 0.337 e. The number of aliphatic carboxylic acids is 1. The molecule has 1 unspecified atom stereocenters. The Morgan fingerprint density at radius 1 is 1.20 bits per heavy atom. The Hall–Kier alpha value is -1.83. The normalized spacial score (nSPS) is 17.4. The quantitative estimate of drug-likeness (QED) is 0.506. The van der Waals surface area contributed by atoms with Gasteiger partial charge in [0.15, 0.2) is 5.60 Å². The van der Waals surface area contributed by atoms with Crippen molar-refractivity contribution in [3.8, 4) is 0 Å². The van der Waals surface area contributed by atoms with Crippen molar-refractivity contribution in [1.82, 2.24) is 15.5 Å². The van der Waals surface area contributed by atoms with Gasteiger partial charge in [-0.15, -0.1) is 0 Å². The van der Waals surface area contributed by atoms with Crippen molar-refractivity contribution in [2.45, 2.75) is 31.8 Å². The molecule has 3 amide bonds. The Labute approximate surface area is 117 Å². The first-order valence-electron chi connectivity index (χ1n) is 6.58. The van der Waals surface area contributed by atoms with Gasteiger partial charge in [-0.05, 0) is 19.8 Å². The summed E-state index contributed by atoms with van der Waals surface area (Å²) in [6.45, 7) is 2.40. The van der Waals surface area contributed by atoms with E-state index < -0.39 is 24.1 Å². The first kappa shape index (κ1) is 16.2. The third-order valence-corrected chi connectivity index (χ3v) is 3.14. The lowest BCUT2D eigenvalue weighted by Gasteiger charge is -2.19. The zero-order chi connectivity index (χ0) is 15.2. The molecular weight excluding hydrogens is 266 g/mol. The highest BCUT2D eigenvalue weighted by Gasteiger charge is 2.30. The van der Waals surface area contributed by atoms with Gasteiger partial charge in [-0.3, -0.25) is 4.79 Å². The Balaban J connectivity index is 2.17. The molecule has 0 aromatic carbocycles. The second-order valence-corrected chi connectivity index (χ2v) is 5.03. The Bertz CT molecular complexity index is 377. The molecule has 1 heterocycles. The van der Waals surface area contributed by atoms with E-state index in [2.05, 4.69) is 10.6 Å². The number of carbonyl (C=O) groups excluding carboxylic acids is 2. The molecule has 1 aliphatic heterocycles. The van der Waals surface area contributed by atoms with Gasteiger partial charge in [-0.25, -0.2) is 9.59 Å². The Morgan fingerprint density at radius 3 is 2.35 bits per heavy atom. The number of nitrogens with zero attached hydrogens (tertiary/aromatic N) is 1. The summed E-state index contributed by atoms with van der Waals surface area (Å²) in [5.74, 6) is -1.41. The van der Waals surface area contributed by atoms with Crippen LogP contribution in [0.15, 0.2) is 0 Å². The molecule has 8 nitrogen and oxygen atoms in total. The molecule has 4 N–H and O–H groups in total. The number of amides is 3. The zero-order valence-electron chi connectivity index (χ0n) is 11.5. The van der Waals surface area contributed by atoms with Crippen LogP contribution in [-0.2, 0) is 9.59 Å². The van der Waals surface area contributed by atoms with Crippen LogP contribution in [0.3, 0.4) is 0 Å². The number of likely N-dealkylation sites (tertiary alicyclic amines) is 1. The second-order valence-electron chi connectivity index (χ2n) is 5.03. The summed E-state index contributed by atoms with van der Waals surface area (Å²) in [7, 11) is 0. The molecule has 8 heteroatoms. The summed E-state index contributed by atoms with van der Waals surface area (Å²) in [4.78, 5) is 35.4. The van der Waals surface area contributed by atoms with Crippen molar-refractivity contribution >= 4 is 17.9 Å². The number of rotatable bonds is 6. The number of carboxylic acids is 1. The molecule has 20 heavy (non-hydrogen) atoms. The summed E-state index contributed by atoms with van der Waals surface area (Å²) < 4.78 is 0. The molecule has 1 atom stereocenters. The fraction of sp³-hybridized carbons (Fsp3) is 0.750. The first-order valence-corrected chi connectivity index (χ1v) is 6.58. The Morgan fingerprint density at radius 2 is 1.80 bits per heavy atom. The molecule has 0 saturated carbocycles. The minimum absolute atomic E-state index is 0.000308. The minimum atomic E-state index is -2.01. The van der Waals surface area contributed by atoms with E-state index in [-0.39, 0.29) is 18.9 Å². The molecule has 0 bridgehead atoms. The average Bonchev–Trinajstić information content (AvgIpc) is 2.90. The highest BCUT2D eigenvalue weighted by atomic mass is 16.4. The first-order chi connectivity index (χ1) is 9.33. The van der Waals surface area contributed by atoms with E-state index in [9.17, 15) is 19.5 Å². The van der Waals surface area contributed by atoms with Crippen LogP contribution in [0.5, 0.6) is 0 Å². The third-order valence-electron chi connectivity index (χ3n) is 3.14. The lowest BCUT2D eigenvalue weighted by molar-refractivity contribution is -0.155. The maximum absolute atomic E-state index is 11.7. The van der Waals surface area contributed by atoms with Gasteiger partial charge in [0.25, 0.3) is 0 Å². The summed E-state index contributed by atoms with van der Waals surface area (Å²) in [6, 6.07) is -0.610. The van der Waals surface area contributed by atoms with E-state index in [0.29, 0.717) is 0 Å². The third kappa shape index (κ3) is 5.04. The summed E-state index contributed by atoms with van der Waals surface area (Å²) in [5, 5.41) is 22.7. The van der Waals surface area contributed by atoms with Crippen LogP contribution in [0.1, 0.15) is 26.2 Å². The number of urea groups is 1. The average molecular weight is 287 g/mol. The lowest BCUT2D eigenvalue weighted by atomic mass is 10.1. The summed E-state index contributed by atoms with van der Waals surface area (Å²) in [6.07, 6.45) is 2.25. The van der Waals surface area contributed by atoms with Crippen molar-refractivity contribution in [1.29, 1.82) is 0 Å². The Kier molecular flexibility index (Phi) is 5.75. The van der Waals surface area contributed by atoms with Gasteiger partial charge in [0.05, 0.1) is 6.54 Å². The van der Waals surface area contributed by atoms with Crippen LogP contribution >= 0.6 is 0 Å². The summed E-state index contributed by atoms with van der Waals surface area (Å²) in [5.41, 5.74) is -2.01. The number of nitrogens with one attached hydrogen (secondary N) is 2. The molecule has 1 saturated heterocycles. The van der Waals surface area contributed by atoms with E-state index in [1.807, 2.05) is 0 Å². The standard InChI is InChI=1S/C12H21N3O5/c1-12(20,10(17)18)8-14-11(19)13-5-4-9(16)15-6-2-3-7-15/h20H,2-8H2,1H3,(H,17,18)(H2,13,14,19). The fourth-order valence-corrected chi connectivity index (χ4v) is 1.80. The zero-order valence-corrected chi connectivity index (χ0v) is 11.5. The number of hydrogen-bond donors (Lipinski definition) is 4. The van der Waals surface area contributed by atoms with Gasteiger partial charge in [0, 0.05) is 26.1 Å². The van der Waals surface area contributed by atoms with E-state index in [0.717, 1.165) is 32.9 Å². The van der Waals surface area contributed by atoms with Crippen LogP contribution in [-0.4, -0.2) is 64.8 Å². The van der Waals surface area contributed by atoms with Gasteiger partial charge < -0.3 is 25.7 Å². The predicted octanol–water partition coefficient (Wildman–Crippen LogP) is -0.866. The number of aliphatic hydroxyl groups is 1. The van der Waals surface area contributed by atoms with Crippen molar-refractivity contribution in [3.05, 3.63) is 0 Å². The van der Waals surface area contributed by atoms with Crippen LogP contribution in [0.25, 0.3) is 0 Å². The second kappa shape index (κ2) is 7.09. The van der Waals surface area contributed by atoms with Gasteiger partial charge in [0.1, 0.15) is 0 Å². The van der Waals surface area contributed by atoms with Crippen LogP contribution in [0.4, 0.5) is 4.79 Å². The topological polar surface area (TPSA) is 119 Å². The SMILES string of the molecule is CC(O)(CNC(=O)NCCC(=O)N1CCCC1)C(=O)O. The molecule has 1 aliphatic rings. The van der Waals surface area contributed by atoms with Crippen LogP contribution < -0.4 is 10.6 Å². The maximum Gasteiger partial charge on any atom is 0.337 e. The van der Waals surface area contributed by atoms with Crippen LogP contribution in [0.2, 0.25) is 0 Å². The lowest BCUT2D eigenvalue weighted by Crippen LogP contribution is -2.49. The van der Waals surface area contributed by atoms with Gasteiger partial charge >= 0.3 is 12.0 Å². The van der Waals surface area contributed by atoms with E-state index >= 15 is 0 Å². The summed E-state index contributed by atoms with van der Waals surface area (Å²) >= 11 is 0. The molecule has 0 aliphatic carbocycles. The van der Waals surface area contributed by atoms with Gasteiger partial charge in [0.2, 0.25) is 5.91 Å². The highest BCUT2D eigenvalue weighted by molar-refractivity contribution is 5.80. The molecule has 1 rings (SSSR count). The van der Waals surface area contributed by atoms with Crippen molar-refractivity contribution in [2.24, 2.45) is 0 Å². The fourth-order valence-electron chi connectivity index (χ4n) is 1.80. The minimum Gasteiger partial charge on any atom is -0.479 e. The largest absolute Gasteiger partial charge is 0.479 e. The van der Waals surface area contributed by atoms with Gasteiger partial charge in [-0.1, -0.05) is 0 Å². The van der Waals surface area contributed by atoms with Gasteiger partial charge in [-0.2, -0.15) is 0 Å². The molecule has 0 aromatic heterocycles. The molecular formula is C12H21N3O5. The molecule has 0 radical (unpaired) electrons. The molecule has 114 valence electrons. The van der Waals surface area contributed by atoms with E-state index in [1.165, 1.54) is 0 Å². The van der Waals surface area contributed by atoms with E-state index in [1.54, 1.807) is 4.90 Å². The maximum atomic E-state index is 11.7. The molecule has 1 fully saturated rings. The monoisotopic (exact) mass is 287 g/mol. The number of hydrogen-bond acceptors (Lipinski definition) is 4. The highest BCUT2D eigenvalue weighted by Crippen LogP contribution is 2.08.